The van der Waals surface area contributed by atoms with Crippen molar-refractivity contribution >= 4 is 23.2 Å². The Balaban J connectivity index is 1.65. The fourth-order valence-corrected chi connectivity index (χ4v) is 4.95. The van der Waals surface area contributed by atoms with Gasteiger partial charge in [-0.2, -0.15) is 0 Å². The van der Waals surface area contributed by atoms with Crippen molar-refractivity contribution in [1.82, 2.24) is 14.7 Å². The van der Waals surface area contributed by atoms with Gasteiger partial charge in [-0.1, -0.05) is 36.4 Å². The maximum absolute atomic E-state index is 13.6. The summed E-state index contributed by atoms with van der Waals surface area (Å²) in [7, 11) is 4.01. The van der Waals surface area contributed by atoms with Crippen LogP contribution in [0.1, 0.15) is 21.2 Å². The Labute approximate surface area is 175 Å². The van der Waals surface area contributed by atoms with Gasteiger partial charge in [0, 0.05) is 32.1 Å². The Morgan fingerprint density at radius 2 is 2.03 bits per heavy atom. The van der Waals surface area contributed by atoms with Crippen LogP contribution in [0.15, 0.2) is 47.8 Å². The summed E-state index contributed by atoms with van der Waals surface area (Å²) in [5, 5.41) is 1.90. The number of thiophene rings is 1. The number of carbonyl (C=O) groups excluding carboxylic acids is 2. The van der Waals surface area contributed by atoms with Crippen molar-refractivity contribution in [2.75, 3.05) is 53.4 Å². The molecule has 0 N–H and O–H groups in total. The molecule has 2 amide bonds. The summed E-state index contributed by atoms with van der Waals surface area (Å²) in [5.41, 5.74) is 0.0670. The first-order valence-electron chi connectivity index (χ1n) is 9.97. The number of rotatable bonds is 5. The van der Waals surface area contributed by atoms with Gasteiger partial charge in [-0.3, -0.25) is 9.59 Å². The number of carbonyl (C=O) groups is 2. The van der Waals surface area contributed by atoms with E-state index in [1.54, 1.807) is 4.90 Å². The minimum atomic E-state index is -1.02. The summed E-state index contributed by atoms with van der Waals surface area (Å²) in [6.45, 7) is 3.22. The predicted octanol–water partition coefficient (Wildman–Crippen LogP) is 2.15. The van der Waals surface area contributed by atoms with Crippen LogP contribution >= 0.6 is 11.3 Å². The maximum Gasteiger partial charge on any atom is 0.264 e. The van der Waals surface area contributed by atoms with Gasteiger partial charge in [-0.05, 0) is 31.1 Å². The van der Waals surface area contributed by atoms with E-state index in [-0.39, 0.29) is 17.7 Å². The van der Waals surface area contributed by atoms with E-state index in [0.29, 0.717) is 37.7 Å². The number of nitrogens with zero attached hydrogens (tertiary/aromatic N) is 3. The standard InChI is InChI=1S/C22H27N3O3S/c1-23(2)10-11-24-15-18(17-7-4-3-5-8-17)22(21(24)27)16-25(12-13-28-22)20(26)19-9-6-14-29-19/h3-9,14,18H,10-13,15-16H2,1-2H3/t18-,22+/m0/s1. The first kappa shape index (κ1) is 20.1. The molecule has 2 aliphatic heterocycles. The van der Waals surface area contributed by atoms with Crippen molar-refractivity contribution in [2.45, 2.75) is 11.5 Å². The molecule has 0 bridgehead atoms. The summed E-state index contributed by atoms with van der Waals surface area (Å²) in [6.07, 6.45) is 0. The zero-order valence-electron chi connectivity index (χ0n) is 16.9. The third kappa shape index (κ3) is 3.82. The van der Waals surface area contributed by atoms with E-state index < -0.39 is 5.60 Å². The molecular weight excluding hydrogens is 386 g/mol. The lowest BCUT2D eigenvalue weighted by Gasteiger charge is -2.42. The van der Waals surface area contributed by atoms with Gasteiger partial charge >= 0.3 is 0 Å². The van der Waals surface area contributed by atoms with E-state index in [0.717, 1.165) is 12.1 Å². The predicted molar refractivity (Wildman–Crippen MR) is 113 cm³/mol. The van der Waals surface area contributed by atoms with Gasteiger partial charge in [-0.25, -0.2) is 0 Å². The first-order valence-corrected chi connectivity index (χ1v) is 10.8. The molecule has 2 aromatic rings. The van der Waals surface area contributed by atoms with E-state index in [4.69, 9.17) is 4.74 Å². The second kappa shape index (κ2) is 8.26. The molecule has 2 fully saturated rings. The molecule has 29 heavy (non-hydrogen) atoms. The summed E-state index contributed by atoms with van der Waals surface area (Å²) in [4.78, 5) is 33.0. The minimum absolute atomic E-state index is 0.00289. The highest BCUT2D eigenvalue weighted by Crippen LogP contribution is 2.42. The highest BCUT2D eigenvalue weighted by molar-refractivity contribution is 7.12. The molecule has 1 aromatic heterocycles. The van der Waals surface area contributed by atoms with Crippen LogP contribution in [-0.2, 0) is 9.53 Å². The fourth-order valence-electron chi connectivity index (χ4n) is 4.26. The molecule has 2 saturated heterocycles. The molecule has 0 unspecified atom stereocenters. The normalized spacial score (nSPS) is 24.7. The molecule has 1 spiro atoms. The topological polar surface area (TPSA) is 53.1 Å². The zero-order valence-corrected chi connectivity index (χ0v) is 17.7. The van der Waals surface area contributed by atoms with Crippen LogP contribution in [0.25, 0.3) is 0 Å². The second-order valence-corrected chi connectivity index (χ2v) is 8.91. The largest absolute Gasteiger partial charge is 0.361 e. The maximum atomic E-state index is 13.6. The number of likely N-dealkylation sites (tertiary alicyclic amines) is 1. The third-order valence-corrected chi connectivity index (χ3v) is 6.66. The lowest BCUT2D eigenvalue weighted by molar-refractivity contribution is -0.159. The average Bonchev–Trinajstić information content (AvgIpc) is 3.35. The van der Waals surface area contributed by atoms with Crippen LogP contribution in [0.2, 0.25) is 0 Å². The Kier molecular flexibility index (Phi) is 5.72. The third-order valence-electron chi connectivity index (χ3n) is 5.80. The van der Waals surface area contributed by atoms with Gasteiger partial charge < -0.3 is 19.4 Å². The molecule has 6 nitrogen and oxygen atoms in total. The lowest BCUT2D eigenvalue weighted by atomic mass is 9.83. The molecule has 7 heteroatoms. The van der Waals surface area contributed by atoms with Crippen molar-refractivity contribution in [1.29, 1.82) is 0 Å². The summed E-state index contributed by atoms with van der Waals surface area (Å²) >= 11 is 1.43. The molecular formula is C22H27N3O3S. The van der Waals surface area contributed by atoms with E-state index >= 15 is 0 Å². The van der Waals surface area contributed by atoms with Crippen molar-refractivity contribution < 1.29 is 14.3 Å². The van der Waals surface area contributed by atoms with Crippen LogP contribution in [0.4, 0.5) is 0 Å². The highest BCUT2D eigenvalue weighted by atomic mass is 32.1. The van der Waals surface area contributed by atoms with Crippen molar-refractivity contribution in [2.24, 2.45) is 0 Å². The van der Waals surface area contributed by atoms with Crippen molar-refractivity contribution in [3.05, 3.63) is 58.3 Å². The number of likely N-dealkylation sites (N-methyl/N-ethyl adjacent to an activating group) is 1. The Morgan fingerprint density at radius 3 is 2.72 bits per heavy atom. The fraction of sp³-hybridized carbons (Fsp3) is 0.455. The Morgan fingerprint density at radius 1 is 1.24 bits per heavy atom. The zero-order chi connectivity index (χ0) is 20.4. The van der Waals surface area contributed by atoms with E-state index in [1.165, 1.54) is 11.3 Å². The van der Waals surface area contributed by atoms with Crippen LogP contribution in [0, 0.1) is 0 Å². The van der Waals surface area contributed by atoms with E-state index in [9.17, 15) is 9.59 Å². The van der Waals surface area contributed by atoms with Crippen LogP contribution in [-0.4, -0.2) is 85.5 Å². The average molecular weight is 414 g/mol. The summed E-state index contributed by atoms with van der Waals surface area (Å²) < 4.78 is 6.25. The quantitative estimate of drug-likeness (QED) is 0.754. The SMILES string of the molecule is CN(C)CCN1C[C@@H](c2ccccc2)[C@]2(CN(C(=O)c3cccs3)CCO2)C1=O. The molecule has 1 aromatic carbocycles. The second-order valence-electron chi connectivity index (χ2n) is 7.96. The van der Waals surface area contributed by atoms with Gasteiger partial charge in [0.25, 0.3) is 11.8 Å². The molecule has 2 atom stereocenters. The molecule has 4 rings (SSSR count). The molecule has 0 saturated carbocycles. The van der Waals surface area contributed by atoms with Gasteiger partial charge in [0.2, 0.25) is 0 Å². The summed E-state index contributed by atoms with van der Waals surface area (Å²) in [5.74, 6) is -0.122. The minimum Gasteiger partial charge on any atom is -0.361 e. The number of amides is 2. The molecule has 2 aliphatic rings. The number of hydrogen-bond donors (Lipinski definition) is 0. The molecule has 0 aliphatic carbocycles. The van der Waals surface area contributed by atoms with Crippen LogP contribution < -0.4 is 0 Å². The van der Waals surface area contributed by atoms with Gasteiger partial charge in [0.05, 0.1) is 18.0 Å². The van der Waals surface area contributed by atoms with E-state index in [1.807, 2.05) is 54.7 Å². The number of morpholine rings is 1. The van der Waals surface area contributed by atoms with Crippen molar-refractivity contribution in [3.63, 3.8) is 0 Å². The van der Waals surface area contributed by atoms with E-state index in [2.05, 4.69) is 17.0 Å². The number of benzene rings is 1. The monoisotopic (exact) mass is 413 g/mol. The lowest BCUT2D eigenvalue weighted by Crippen LogP contribution is -2.59. The Hall–Kier alpha value is -2.22. The van der Waals surface area contributed by atoms with Crippen LogP contribution in [0.3, 0.4) is 0 Å². The van der Waals surface area contributed by atoms with Crippen molar-refractivity contribution in [3.8, 4) is 0 Å². The van der Waals surface area contributed by atoms with Gasteiger partial charge in [0.15, 0.2) is 5.60 Å². The van der Waals surface area contributed by atoms with Gasteiger partial charge in [-0.15, -0.1) is 11.3 Å². The molecule has 154 valence electrons. The van der Waals surface area contributed by atoms with Crippen LogP contribution in [0.5, 0.6) is 0 Å². The van der Waals surface area contributed by atoms with Gasteiger partial charge in [0.1, 0.15) is 0 Å². The first-order chi connectivity index (χ1) is 14.0. The highest BCUT2D eigenvalue weighted by Gasteiger charge is 2.58. The Bertz CT molecular complexity index is 855. The number of ether oxygens (including phenoxy) is 1. The smallest absolute Gasteiger partial charge is 0.264 e. The molecule has 3 heterocycles. The summed E-state index contributed by atoms with van der Waals surface area (Å²) in [6, 6.07) is 13.8. The number of hydrogen-bond acceptors (Lipinski definition) is 5. The molecule has 0 radical (unpaired) electrons.